The number of nitrogens with zero attached hydrogens (tertiary/aromatic N) is 3. The molecule has 2 atom stereocenters. The van der Waals surface area contributed by atoms with Gasteiger partial charge in [0.25, 0.3) is 0 Å². The van der Waals surface area contributed by atoms with Crippen LogP contribution in [0.3, 0.4) is 0 Å². The molecule has 2 aliphatic heterocycles. The maximum absolute atomic E-state index is 6.07. The first kappa shape index (κ1) is 13.1. The Morgan fingerprint density at radius 2 is 2.47 bits per heavy atom. The molecule has 0 N–H and O–H groups in total. The Hall–Kier alpha value is -0.910. The van der Waals surface area contributed by atoms with E-state index in [9.17, 15) is 0 Å². The van der Waals surface area contributed by atoms with Crippen molar-refractivity contribution in [3.63, 3.8) is 0 Å². The molecule has 5 heteroatoms. The van der Waals surface area contributed by atoms with Crippen molar-refractivity contribution < 1.29 is 9.47 Å². The fraction of sp³-hybridized carbons (Fsp3) is 0.786. The van der Waals surface area contributed by atoms with Crippen molar-refractivity contribution in [2.24, 2.45) is 7.05 Å². The van der Waals surface area contributed by atoms with Gasteiger partial charge < -0.3 is 9.47 Å². The molecule has 0 radical (unpaired) electrons. The highest BCUT2D eigenvalue weighted by atomic mass is 16.5. The van der Waals surface area contributed by atoms with Crippen molar-refractivity contribution in [3.05, 3.63) is 18.0 Å². The summed E-state index contributed by atoms with van der Waals surface area (Å²) in [5.74, 6) is 0. The van der Waals surface area contributed by atoms with Crippen LogP contribution in [0.5, 0.6) is 0 Å². The molecule has 2 saturated heterocycles. The number of hydrogen-bond donors (Lipinski definition) is 0. The minimum absolute atomic E-state index is 0.0742. The van der Waals surface area contributed by atoms with E-state index >= 15 is 0 Å². The fourth-order valence-electron chi connectivity index (χ4n) is 3.50. The minimum atomic E-state index is -0.0742. The van der Waals surface area contributed by atoms with Crippen LogP contribution in [-0.2, 0) is 23.1 Å². The van der Waals surface area contributed by atoms with Crippen molar-refractivity contribution >= 4 is 0 Å². The second-order valence-electron chi connectivity index (χ2n) is 5.76. The summed E-state index contributed by atoms with van der Waals surface area (Å²) in [7, 11) is 3.77. The molecule has 0 bridgehead atoms. The molecule has 0 amide bonds. The third-order valence-electron chi connectivity index (χ3n) is 4.37. The zero-order valence-corrected chi connectivity index (χ0v) is 11.8. The first-order chi connectivity index (χ1) is 9.22. The summed E-state index contributed by atoms with van der Waals surface area (Å²) in [5.41, 5.74) is 1.20. The van der Waals surface area contributed by atoms with Gasteiger partial charge in [0, 0.05) is 52.2 Å². The van der Waals surface area contributed by atoms with Gasteiger partial charge in [-0.05, 0) is 19.3 Å². The van der Waals surface area contributed by atoms with Gasteiger partial charge in [0.15, 0.2) is 0 Å². The maximum atomic E-state index is 6.07. The van der Waals surface area contributed by atoms with Crippen molar-refractivity contribution in [1.29, 1.82) is 0 Å². The molecule has 0 unspecified atom stereocenters. The predicted molar refractivity (Wildman–Crippen MR) is 71.8 cm³/mol. The molecule has 19 heavy (non-hydrogen) atoms. The van der Waals surface area contributed by atoms with Crippen molar-refractivity contribution in [2.45, 2.75) is 37.5 Å². The van der Waals surface area contributed by atoms with Gasteiger partial charge >= 0.3 is 0 Å². The highest BCUT2D eigenvalue weighted by Crippen LogP contribution is 2.36. The van der Waals surface area contributed by atoms with E-state index in [0.29, 0.717) is 0 Å². The van der Waals surface area contributed by atoms with Gasteiger partial charge in [0.05, 0.1) is 12.3 Å². The van der Waals surface area contributed by atoms with E-state index in [1.54, 1.807) is 0 Å². The average molecular weight is 265 g/mol. The summed E-state index contributed by atoms with van der Waals surface area (Å²) in [5, 5.41) is 4.24. The molecule has 1 aromatic heterocycles. The van der Waals surface area contributed by atoms with Gasteiger partial charge in [-0.3, -0.25) is 9.58 Å². The summed E-state index contributed by atoms with van der Waals surface area (Å²) in [6, 6.07) is 0. The van der Waals surface area contributed by atoms with Crippen LogP contribution in [0.25, 0.3) is 0 Å². The van der Waals surface area contributed by atoms with Gasteiger partial charge in [-0.25, -0.2) is 0 Å². The van der Waals surface area contributed by atoms with Crippen LogP contribution >= 0.6 is 0 Å². The average Bonchev–Trinajstić information content (AvgIpc) is 3.00. The fourth-order valence-corrected chi connectivity index (χ4v) is 3.50. The van der Waals surface area contributed by atoms with E-state index in [2.05, 4.69) is 16.2 Å². The zero-order valence-electron chi connectivity index (χ0n) is 11.8. The van der Waals surface area contributed by atoms with Gasteiger partial charge in [0.1, 0.15) is 5.60 Å². The summed E-state index contributed by atoms with van der Waals surface area (Å²) in [4.78, 5) is 2.47. The third-order valence-corrected chi connectivity index (χ3v) is 4.37. The summed E-state index contributed by atoms with van der Waals surface area (Å²) in [6.45, 7) is 3.87. The Morgan fingerprint density at radius 1 is 1.58 bits per heavy atom. The number of hydrogen-bond acceptors (Lipinski definition) is 4. The topological polar surface area (TPSA) is 39.5 Å². The van der Waals surface area contributed by atoms with Crippen molar-refractivity contribution in [1.82, 2.24) is 14.7 Å². The molecule has 5 nitrogen and oxygen atoms in total. The Morgan fingerprint density at radius 3 is 3.11 bits per heavy atom. The smallest absolute Gasteiger partial charge is 0.107 e. The third kappa shape index (κ3) is 2.55. The van der Waals surface area contributed by atoms with Crippen LogP contribution in [0, 0.1) is 0 Å². The zero-order chi connectivity index (χ0) is 13.3. The van der Waals surface area contributed by atoms with Gasteiger partial charge in [-0.15, -0.1) is 0 Å². The largest absolute Gasteiger partial charge is 0.378 e. The van der Waals surface area contributed by atoms with Crippen LogP contribution in [0.1, 0.15) is 24.8 Å². The molecule has 0 aromatic carbocycles. The molecular weight excluding hydrogens is 242 g/mol. The summed E-state index contributed by atoms with van der Waals surface area (Å²) >= 11 is 0. The van der Waals surface area contributed by atoms with Crippen LogP contribution < -0.4 is 0 Å². The molecule has 3 heterocycles. The van der Waals surface area contributed by atoms with Crippen LogP contribution in [0.4, 0.5) is 0 Å². The molecule has 2 aliphatic rings. The second-order valence-corrected chi connectivity index (χ2v) is 5.76. The van der Waals surface area contributed by atoms with E-state index in [-0.39, 0.29) is 11.7 Å². The van der Waals surface area contributed by atoms with E-state index in [1.165, 1.54) is 5.56 Å². The Balaban J connectivity index is 1.68. The molecule has 1 aromatic rings. The Bertz CT molecular complexity index is 426. The molecule has 2 fully saturated rings. The SMILES string of the molecule is CO[C@H]1CCN(Cc2cnn(C)c2)C[C@@]12CCCO2. The van der Waals surface area contributed by atoms with Crippen LogP contribution in [-0.4, -0.2) is 53.2 Å². The highest BCUT2D eigenvalue weighted by Gasteiger charge is 2.47. The standard InChI is InChI=1S/C14H23N3O2/c1-16-9-12(8-15-16)10-17-6-4-13(18-2)14(11-17)5-3-7-19-14/h8-9,13H,3-7,10-11H2,1-2H3/t13-,14-/m0/s1. The molecule has 3 rings (SSSR count). The van der Waals surface area contributed by atoms with Crippen molar-refractivity contribution in [3.8, 4) is 0 Å². The molecule has 106 valence electrons. The van der Waals surface area contributed by atoms with Crippen LogP contribution in [0.15, 0.2) is 12.4 Å². The predicted octanol–water partition coefficient (Wildman–Crippen LogP) is 1.19. The highest BCUT2D eigenvalue weighted by molar-refractivity contribution is 5.06. The van der Waals surface area contributed by atoms with E-state index in [4.69, 9.17) is 9.47 Å². The lowest BCUT2D eigenvalue weighted by Crippen LogP contribution is -2.56. The monoisotopic (exact) mass is 265 g/mol. The normalized spacial score (nSPS) is 32.2. The Kier molecular flexibility index (Phi) is 3.60. The number of likely N-dealkylation sites (tertiary alicyclic amines) is 1. The number of ether oxygens (including phenoxy) is 2. The minimum Gasteiger partial charge on any atom is -0.378 e. The summed E-state index contributed by atoms with van der Waals surface area (Å²) < 4.78 is 13.6. The summed E-state index contributed by atoms with van der Waals surface area (Å²) in [6.07, 6.45) is 7.61. The van der Waals surface area contributed by atoms with Crippen molar-refractivity contribution in [2.75, 3.05) is 26.8 Å². The quantitative estimate of drug-likeness (QED) is 0.823. The number of aryl methyl sites for hydroxylation is 1. The lowest BCUT2D eigenvalue weighted by atomic mass is 9.86. The number of aromatic nitrogens is 2. The lowest BCUT2D eigenvalue weighted by molar-refractivity contribution is -0.145. The lowest BCUT2D eigenvalue weighted by Gasteiger charge is -2.44. The second kappa shape index (κ2) is 5.23. The molecular formula is C14H23N3O2. The Labute approximate surface area is 114 Å². The van der Waals surface area contributed by atoms with Crippen LogP contribution in [0.2, 0.25) is 0 Å². The number of piperidine rings is 1. The first-order valence-electron chi connectivity index (χ1n) is 7.08. The number of methoxy groups -OCH3 is 1. The number of rotatable bonds is 3. The van der Waals surface area contributed by atoms with Gasteiger partial charge in [0.2, 0.25) is 0 Å². The molecule has 0 aliphatic carbocycles. The van der Waals surface area contributed by atoms with Gasteiger partial charge in [-0.1, -0.05) is 0 Å². The maximum Gasteiger partial charge on any atom is 0.107 e. The van der Waals surface area contributed by atoms with E-state index in [1.807, 2.05) is 25.0 Å². The van der Waals surface area contributed by atoms with Gasteiger partial charge in [-0.2, -0.15) is 5.10 Å². The van der Waals surface area contributed by atoms with E-state index in [0.717, 1.165) is 45.5 Å². The molecule has 1 spiro atoms. The van der Waals surface area contributed by atoms with E-state index < -0.39 is 0 Å². The first-order valence-corrected chi connectivity index (χ1v) is 7.08. The molecule has 0 saturated carbocycles.